The van der Waals surface area contributed by atoms with Crippen LogP contribution in [0.15, 0.2) is 30.3 Å². The average Bonchev–Trinajstić information content (AvgIpc) is 2.23. The molecule has 0 spiro atoms. The highest BCUT2D eigenvalue weighted by molar-refractivity contribution is 5.87. The molecule has 84 valence electrons. The molecule has 0 saturated heterocycles. The minimum atomic E-state index is -0.262. The fourth-order valence-corrected chi connectivity index (χ4v) is 1.46. The predicted molar refractivity (Wildman–Crippen MR) is 63.6 cm³/mol. The third-order valence-electron chi connectivity index (χ3n) is 2.68. The van der Waals surface area contributed by atoms with Crippen molar-refractivity contribution >= 4 is 17.7 Å². The molecule has 0 heterocycles. The lowest BCUT2D eigenvalue weighted by Crippen LogP contribution is -2.23. The lowest BCUT2D eigenvalue weighted by molar-refractivity contribution is -0.146. The Kier molecular flexibility index (Phi) is 3.25. The molecule has 0 aliphatic heterocycles. The number of nitrogen functional groups attached to an aromatic ring is 1. The molecule has 1 aromatic carbocycles. The topological polar surface area (TPSA) is 52.3 Å². The third kappa shape index (κ3) is 2.86. The average molecular weight is 217 g/mol. The Labute approximate surface area is 94.9 Å². The molecule has 0 bridgehead atoms. The largest absolute Gasteiger partial charge is 0.459 e. The predicted octanol–water partition coefficient (Wildman–Crippen LogP) is 2.38. The maximum atomic E-state index is 11.4. The van der Waals surface area contributed by atoms with Crippen molar-refractivity contribution in [3.05, 3.63) is 35.9 Å². The van der Waals surface area contributed by atoms with Crippen LogP contribution in [0, 0.1) is 0 Å². The van der Waals surface area contributed by atoms with E-state index in [1.54, 1.807) is 18.2 Å². The summed E-state index contributed by atoms with van der Waals surface area (Å²) in [5.41, 5.74) is 7.22. The molecule has 1 aliphatic carbocycles. The molecular formula is C13H15NO2. The number of esters is 1. The van der Waals surface area contributed by atoms with Crippen LogP contribution >= 0.6 is 0 Å². The van der Waals surface area contributed by atoms with Crippen LogP contribution in [-0.4, -0.2) is 12.1 Å². The molecule has 2 rings (SSSR count). The van der Waals surface area contributed by atoms with Gasteiger partial charge in [-0.15, -0.1) is 0 Å². The number of benzene rings is 1. The van der Waals surface area contributed by atoms with Crippen LogP contribution in [-0.2, 0) is 9.53 Å². The molecule has 0 radical (unpaired) electrons. The molecule has 1 fully saturated rings. The normalized spacial score (nSPS) is 16.0. The maximum absolute atomic E-state index is 11.4. The minimum Gasteiger partial charge on any atom is -0.459 e. The van der Waals surface area contributed by atoms with Gasteiger partial charge in [-0.3, -0.25) is 0 Å². The van der Waals surface area contributed by atoms with Crippen molar-refractivity contribution in [1.82, 2.24) is 0 Å². The van der Waals surface area contributed by atoms with E-state index in [4.69, 9.17) is 10.5 Å². The van der Waals surface area contributed by atoms with E-state index in [1.807, 2.05) is 12.1 Å². The van der Waals surface area contributed by atoms with Gasteiger partial charge in [0, 0.05) is 11.8 Å². The van der Waals surface area contributed by atoms with Gasteiger partial charge >= 0.3 is 5.97 Å². The Bertz CT molecular complexity index is 391. The van der Waals surface area contributed by atoms with Crippen molar-refractivity contribution in [3.8, 4) is 0 Å². The quantitative estimate of drug-likeness (QED) is 0.480. The molecule has 0 aromatic heterocycles. The second-order valence-electron chi connectivity index (χ2n) is 3.99. The summed E-state index contributed by atoms with van der Waals surface area (Å²) in [7, 11) is 0. The highest BCUT2D eigenvalue weighted by Gasteiger charge is 2.20. The molecular weight excluding hydrogens is 202 g/mol. The smallest absolute Gasteiger partial charge is 0.331 e. The van der Waals surface area contributed by atoms with Gasteiger partial charge in [-0.25, -0.2) is 4.79 Å². The Morgan fingerprint density at radius 2 is 2.00 bits per heavy atom. The summed E-state index contributed by atoms with van der Waals surface area (Å²) in [5.74, 6) is -0.262. The highest BCUT2D eigenvalue weighted by Crippen LogP contribution is 2.22. The summed E-state index contributed by atoms with van der Waals surface area (Å²) in [6.07, 6.45) is 6.51. The summed E-state index contributed by atoms with van der Waals surface area (Å²) in [4.78, 5) is 11.4. The van der Waals surface area contributed by atoms with Gasteiger partial charge in [-0.1, -0.05) is 12.1 Å². The fraction of sp³-hybridized carbons (Fsp3) is 0.308. The zero-order valence-corrected chi connectivity index (χ0v) is 9.06. The molecule has 0 unspecified atom stereocenters. The molecule has 1 aliphatic rings. The molecule has 0 atom stereocenters. The van der Waals surface area contributed by atoms with E-state index in [-0.39, 0.29) is 12.1 Å². The lowest BCUT2D eigenvalue weighted by atomic mass is 9.96. The molecule has 2 N–H and O–H groups in total. The van der Waals surface area contributed by atoms with E-state index in [0.717, 1.165) is 18.4 Å². The number of carbonyl (C=O) groups excluding carboxylic acids is 1. The summed E-state index contributed by atoms with van der Waals surface area (Å²) in [6.45, 7) is 0. The molecule has 3 heteroatoms. The Morgan fingerprint density at radius 1 is 1.31 bits per heavy atom. The van der Waals surface area contributed by atoms with Crippen LogP contribution in [0.25, 0.3) is 6.08 Å². The zero-order valence-electron chi connectivity index (χ0n) is 9.06. The molecule has 16 heavy (non-hydrogen) atoms. The van der Waals surface area contributed by atoms with E-state index < -0.39 is 0 Å². The Hall–Kier alpha value is -1.77. The fourth-order valence-electron chi connectivity index (χ4n) is 1.46. The summed E-state index contributed by atoms with van der Waals surface area (Å²) in [5, 5.41) is 0. The van der Waals surface area contributed by atoms with E-state index >= 15 is 0 Å². The SMILES string of the molecule is Nc1ccc(/C=C/C(=O)OC2CCC2)cc1. The number of hydrogen-bond donors (Lipinski definition) is 1. The van der Waals surface area contributed by atoms with Gasteiger partial charge in [-0.05, 0) is 43.0 Å². The van der Waals surface area contributed by atoms with Crippen molar-refractivity contribution in [3.63, 3.8) is 0 Å². The van der Waals surface area contributed by atoms with Gasteiger partial charge in [-0.2, -0.15) is 0 Å². The van der Waals surface area contributed by atoms with Crippen molar-refractivity contribution in [2.24, 2.45) is 0 Å². The standard InChI is InChI=1S/C13H15NO2/c14-11-7-4-10(5-8-11)6-9-13(15)16-12-2-1-3-12/h4-9,12H,1-3,14H2/b9-6+. The number of rotatable bonds is 3. The van der Waals surface area contributed by atoms with Gasteiger partial charge in [0.2, 0.25) is 0 Å². The first-order chi connectivity index (χ1) is 7.74. The molecule has 0 amide bonds. The van der Waals surface area contributed by atoms with Crippen molar-refractivity contribution in [1.29, 1.82) is 0 Å². The van der Waals surface area contributed by atoms with E-state index in [9.17, 15) is 4.79 Å². The maximum Gasteiger partial charge on any atom is 0.331 e. The second kappa shape index (κ2) is 4.84. The first kappa shape index (κ1) is 10.7. The first-order valence-corrected chi connectivity index (χ1v) is 5.48. The number of carbonyl (C=O) groups is 1. The summed E-state index contributed by atoms with van der Waals surface area (Å²) < 4.78 is 5.18. The van der Waals surface area contributed by atoms with E-state index in [2.05, 4.69) is 0 Å². The van der Waals surface area contributed by atoms with Gasteiger partial charge in [0.1, 0.15) is 6.10 Å². The number of hydrogen-bond acceptors (Lipinski definition) is 3. The van der Waals surface area contributed by atoms with E-state index in [1.165, 1.54) is 12.5 Å². The Balaban J connectivity index is 1.87. The minimum absolute atomic E-state index is 0.142. The van der Waals surface area contributed by atoms with Crippen molar-refractivity contribution in [2.45, 2.75) is 25.4 Å². The van der Waals surface area contributed by atoms with Crippen molar-refractivity contribution < 1.29 is 9.53 Å². The highest BCUT2D eigenvalue weighted by atomic mass is 16.5. The van der Waals surface area contributed by atoms with Crippen LogP contribution in [0.3, 0.4) is 0 Å². The molecule has 3 nitrogen and oxygen atoms in total. The molecule has 1 aromatic rings. The summed E-state index contributed by atoms with van der Waals surface area (Å²) in [6, 6.07) is 7.33. The zero-order chi connectivity index (χ0) is 11.4. The van der Waals surface area contributed by atoms with Crippen LogP contribution in [0.5, 0.6) is 0 Å². The van der Waals surface area contributed by atoms with Gasteiger partial charge in [0.25, 0.3) is 0 Å². The van der Waals surface area contributed by atoms with Gasteiger partial charge in [0.15, 0.2) is 0 Å². The second-order valence-corrected chi connectivity index (χ2v) is 3.99. The summed E-state index contributed by atoms with van der Waals surface area (Å²) >= 11 is 0. The first-order valence-electron chi connectivity index (χ1n) is 5.48. The van der Waals surface area contributed by atoms with Crippen LogP contribution in [0.4, 0.5) is 5.69 Å². The van der Waals surface area contributed by atoms with Crippen LogP contribution in [0.1, 0.15) is 24.8 Å². The van der Waals surface area contributed by atoms with Crippen molar-refractivity contribution in [2.75, 3.05) is 5.73 Å². The van der Waals surface area contributed by atoms with Crippen LogP contribution < -0.4 is 5.73 Å². The number of anilines is 1. The van der Waals surface area contributed by atoms with Gasteiger partial charge < -0.3 is 10.5 Å². The number of ether oxygens (including phenoxy) is 1. The van der Waals surface area contributed by atoms with E-state index in [0.29, 0.717) is 5.69 Å². The monoisotopic (exact) mass is 217 g/mol. The Morgan fingerprint density at radius 3 is 2.56 bits per heavy atom. The van der Waals surface area contributed by atoms with Crippen LogP contribution in [0.2, 0.25) is 0 Å². The number of nitrogens with two attached hydrogens (primary N) is 1. The van der Waals surface area contributed by atoms with Gasteiger partial charge in [0.05, 0.1) is 0 Å². The third-order valence-corrected chi connectivity index (χ3v) is 2.68. The lowest BCUT2D eigenvalue weighted by Gasteiger charge is -2.24. The molecule has 1 saturated carbocycles.